The molecule has 6 heteroatoms. The molecule has 4 rings (SSSR count). The van der Waals surface area contributed by atoms with Crippen molar-refractivity contribution < 1.29 is 24.5 Å². The van der Waals surface area contributed by atoms with Crippen LogP contribution < -0.4 is 10.2 Å². The topological polar surface area (TPSA) is 100 Å². The first-order valence-electron chi connectivity index (χ1n) is 8.93. The van der Waals surface area contributed by atoms with E-state index < -0.39 is 0 Å². The first-order valence-corrected chi connectivity index (χ1v) is 8.93. The summed E-state index contributed by atoms with van der Waals surface area (Å²) >= 11 is 0. The number of benzene rings is 2. The molecule has 1 saturated carbocycles. The largest absolute Gasteiger partial charge is 0.508 e. The Hall–Kier alpha value is -3.15. The molecule has 1 aliphatic rings. The summed E-state index contributed by atoms with van der Waals surface area (Å²) in [5.41, 5.74) is 0.912. The quantitative estimate of drug-likeness (QED) is 0.599. The third-order valence-corrected chi connectivity index (χ3v) is 4.96. The average Bonchev–Trinajstić information content (AvgIpc) is 3.12. The van der Waals surface area contributed by atoms with E-state index >= 15 is 0 Å². The van der Waals surface area contributed by atoms with Crippen molar-refractivity contribution in [3.05, 3.63) is 46.1 Å². The molecule has 0 aliphatic heterocycles. The van der Waals surface area contributed by atoms with E-state index in [1.54, 1.807) is 6.92 Å². The molecule has 3 aromatic rings. The highest BCUT2D eigenvalue weighted by Crippen LogP contribution is 2.38. The maximum Gasteiger partial charge on any atom is 0.235 e. The minimum absolute atomic E-state index is 0.00730. The van der Waals surface area contributed by atoms with E-state index in [4.69, 9.17) is 9.15 Å². The molecule has 0 amide bonds. The summed E-state index contributed by atoms with van der Waals surface area (Å²) in [5.74, 6) is -0.345. The number of aryl methyl sites for hydroxylation is 1. The fraction of sp³-hybridized carbons (Fsp3) is 0.286. The number of phenolic OH excluding ortho intramolecular Hbond substituents is 3. The van der Waals surface area contributed by atoms with Crippen molar-refractivity contribution in [1.82, 2.24) is 0 Å². The second kappa shape index (κ2) is 6.54. The molecule has 6 nitrogen and oxygen atoms in total. The van der Waals surface area contributed by atoms with Crippen LogP contribution in [0.25, 0.3) is 22.3 Å². The van der Waals surface area contributed by atoms with E-state index in [0.29, 0.717) is 16.5 Å². The maximum absolute atomic E-state index is 13.2. The number of ether oxygens (including phenoxy) is 1. The van der Waals surface area contributed by atoms with E-state index in [9.17, 15) is 20.1 Å². The Morgan fingerprint density at radius 1 is 1.04 bits per heavy atom. The van der Waals surface area contributed by atoms with Crippen molar-refractivity contribution in [2.75, 3.05) is 0 Å². The summed E-state index contributed by atoms with van der Waals surface area (Å²) in [5, 5.41) is 29.7. The minimum atomic E-state index is -0.325. The van der Waals surface area contributed by atoms with Gasteiger partial charge in [-0.15, -0.1) is 0 Å². The van der Waals surface area contributed by atoms with Crippen LogP contribution in [-0.2, 0) is 0 Å². The number of aromatic hydroxyl groups is 3. The Morgan fingerprint density at radius 2 is 1.78 bits per heavy atom. The zero-order chi connectivity index (χ0) is 19.1. The number of fused-ring (bicyclic) bond motifs is 1. The molecule has 140 valence electrons. The van der Waals surface area contributed by atoms with Crippen LogP contribution in [0.4, 0.5) is 0 Å². The molecule has 2 aromatic carbocycles. The van der Waals surface area contributed by atoms with E-state index in [1.165, 1.54) is 30.3 Å². The Morgan fingerprint density at radius 3 is 2.48 bits per heavy atom. The smallest absolute Gasteiger partial charge is 0.235 e. The van der Waals surface area contributed by atoms with Crippen LogP contribution in [0, 0.1) is 6.92 Å². The normalized spacial score (nSPS) is 14.7. The van der Waals surface area contributed by atoms with Gasteiger partial charge in [-0.3, -0.25) is 4.79 Å². The number of phenols is 3. The maximum atomic E-state index is 13.2. The van der Waals surface area contributed by atoms with Crippen molar-refractivity contribution in [2.24, 2.45) is 0 Å². The molecular formula is C21H20O6. The number of hydrogen-bond acceptors (Lipinski definition) is 6. The van der Waals surface area contributed by atoms with Crippen LogP contribution in [0.1, 0.15) is 31.2 Å². The zero-order valence-corrected chi connectivity index (χ0v) is 14.9. The SMILES string of the molecule is Cc1cc(O)cc2oc(-c3ccc(O)c(O)c3)c(OC3CCCC3)c(=O)c12. The highest BCUT2D eigenvalue weighted by atomic mass is 16.5. The Bertz CT molecular complexity index is 1080. The molecule has 0 unspecified atom stereocenters. The fourth-order valence-corrected chi connectivity index (χ4v) is 3.62. The highest BCUT2D eigenvalue weighted by molar-refractivity contribution is 5.86. The van der Waals surface area contributed by atoms with Crippen molar-refractivity contribution in [2.45, 2.75) is 38.7 Å². The molecule has 0 bridgehead atoms. The minimum Gasteiger partial charge on any atom is -0.508 e. The van der Waals surface area contributed by atoms with Gasteiger partial charge in [0.05, 0.1) is 11.5 Å². The molecule has 1 aromatic heterocycles. The lowest BCUT2D eigenvalue weighted by Gasteiger charge is -2.17. The second-order valence-electron chi connectivity index (χ2n) is 6.95. The van der Waals surface area contributed by atoms with Crippen LogP contribution in [0.15, 0.2) is 39.5 Å². The van der Waals surface area contributed by atoms with Crippen LogP contribution in [0.3, 0.4) is 0 Å². The van der Waals surface area contributed by atoms with Gasteiger partial charge >= 0.3 is 0 Å². The second-order valence-corrected chi connectivity index (χ2v) is 6.95. The molecule has 27 heavy (non-hydrogen) atoms. The van der Waals surface area contributed by atoms with Crippen LogP contribution in [0.2, 0.25) is 0 Å². The molecule has 1 aliphatic carbocycles. The van der Waals surface area contributed by atoms with Gasteiger partial charge in [-0.1, -0.05) is 0 Å². The summed E-state index contributed by atoms with van der Waals surface area (Å²) in [4.78, 5) is 13.2. The standard InChI is InChI=1S/C21H20O6/c1-11-8-13(22)10-17-18(11)19(25)21(26-14-4-2-3-5-14)20(27-17)12-6-7-15(23)16(24)9-12/h6-10,14,22-24H,2-5H2,1H3. The lowest BCUT2D eigenvalue weighted by atomic mass is 10.1. The van der Waals surface area contributed by atoms with Gasteiger partial charge in [0.15, 0.2) is 17.3 Å². The van der Waals surface area contributed by atoms with Crippen LogP contribution >= 0.6 is 0 Å². The molecule has 0 saturated heterocycles. The molecule has 1 fully saturated rings. The Balaban J connectivity index is 1.98. The van der Waals surface area contributed by atoms with Crippen molar-refractivity contribution in [3.63, 3.8) is 0 Å². The molecule has 0 atom stereocenters. The first-order chi connectivity index (χ1) is 12.9. The van der Waals surface area contributed by atoms with Crippen LogP contribution in [0.5, 0.6) is 23.0 Å². The fourth-order valence-electron chi connectivity index (χ4n) is 3.62. The summed E-state index contributed by atoms with van der Waals surface area (Å²) in [7, 11) is 0. The van der Waals surface area contributed by atoms with Gasteiger partial charge in [-0.2, -0.15) is 0 Å². The number of hydrogen-bond donors (Lipinski definition) is 3. The van der Waals surface area contributed by atoms with Gasteiger partial charge < -0.3 is 24.5 Å². The lowest BCUT2D eigenvalue weighted by Crippen LogP contribution is -2.18. The molecule has 3 N–H and O–H groups in total. The lowest BCUT2D eigenvalue weighted by molar-refractivity contribution is 0.205. The van der Waals surface area contributed by atoms with E-state index in [1.807, 2.05) is 0 Å². The third kappa shape index (κ3) is 3.07. The van der Waals surface area contributed by atoms with Gasteiger partial charge in [0.25, 0.3) is 0 Å². The van der Waals surface area contributed by atoms with Crippen LogP contribution in [-0.4, -0.2) is 21.4 Å². The Labute approximate surface area is 155 Å². The molecular weight excluding hydrogens is 348 g/mol. The van der Waals surface area contributed by atoms with Gasteiger partial charge in [0.2, 0.25) is 11.2 Å². The predicted octanol–water partition coefficient (Wildman–Crippen LogP) is 4.21. The summed E-state index contributed by atoms with van der Waals surface area (Å²) in [6, 6.07) is 7.06. The van der Waals surface area contributed by atoms with E-state index in [2.05, 4.69) is 0 Å². The van der Waals surface area contributed by atoms with Crippen molar-refractivity contribution in [1.29, 1.82) is 0 Å². The van der Waals surface area contributed by atoms with E-state index in [-0.39, 0.29) is 45.9 Å². The summed E-state index contributed by atoms with van der Waals surface area (Å²) in [6.07, 6.45) is 3.77. The van der Waals surface area contributed by atoms with Gasteiger partial charge in [0, 0.05) is 11.6 Å². The molecule has 1 heterocycles. The highest BCUT2D eigenvalue weighted by Gasteiger charge is 2.25. The van der Waals surface area contributed by atoms with Gasteiger partial charge in [-0.25, -0.2) is 0 Å². The van der Waals surface area contributed by atoms with E-state index in [0.717, 1.165) is 25.7 Å². The average molecular weight is 368 g/mol. The molecule has 0 radical (unpaired) electrons. The van der Waals surface area contributed by atoms with Crippen molar-refractivity contribution >= 4 is 11.0 Å². The predicted molar refractivity (Wildman–Crippen MR) is 101 cm³/mol. The summed E-state index contributed by atoms with van der Waals surface area (Å²) in [6.45, 7) is 1.73. The summed E-state index contributed by atoms with van der Waals surface area (Å²) < 4.78 is 12.0. The third-order valence-electron chi connectivity index (χ3n) is 4.96. The first kappa shape index (κ1) is 17.3. The van der Waals surface area contributed by atoms with Gasteiger partial charge in [-0.05, 0) is 62.4 Å². The zero-order valence-electron chi connectivity index (χ0n) is 14.9. The van der Waals surface area contributed by atoms with Gasteiger partial charge in [0.1, 0.15) is 11.3 Å². The monoisotopic (exact) mass is 368 g/mol. The van der Waals surface area contributed by atoms with Crippen molar-refractivity contribution in [3.8, 4) is 34.3 Å². The Kier molecular flexibility index (Phi) is 4.18. The molecule has 0 spiro atoms. The number of rotatable bonds is 3.